The number of nitrogens with zero attached hydrogens (tertiary/aromatic N) is 3. The fraction of sp³-hybridized carbons (Fsp3) is 0.441. The second kappa shape index (κ2) is 14.8. The summed E-state index contributed by atoms with van der Waals surface area (Å²) in [5.74, 6) is -0.238. The van der Waals surface area contributed by atoms with Crippen molar-refractivity contribution in [3.63, 3.8) is 0 Å². The highest BCUT2D eigenvalue weighted by Crippen LogP contribution is 2.29. The van der Waals surface area contributed by atoms with Gasteiger partial charge in [0.2, 0.25) is 0 Å². The predicted molar refractivity (Wildman–Crippen MR) is 181 cm³/mol. The summed E-state index contributed by atoms with van der Waals surface area (Å²) in [5, 5.41) is 7.23. The molecule has 1 saturated heterocycles. The molecule has 1 aliphatic carbocycles. The molecule has 0 radical (unpaired) electrons. The number of ether oxygens (including phenoxy) is 2. The normalized spacial score (nSPS) is 18.4. The maximum atomic E-state index is 13.5. The molecule has 4 N–H and O–H groups in total. The molecule has 2 heterocycles. The number of benzene rings is 2. The van der Waals surface area contributed by atoms with Gasteiger partial charge in [0.15, 0.2) is 11.6 Å². The van der Waals surface area contributed by atoms with E-state index in [9.17, 15) is 14.4 Å². The second-order valence-electron chi connectivity index (χ2n) is 12.9. The number of carbonyl (C=O) groups excluding carboxylic acids is 3. The van der Waals surface area contributed by atoms with Gasteiger partial charge in [-0.1, -0.05) is 41.4 Å². The number of anilines is 2. The summed E-state index contributed by atoms with van der Waals surface area (Å²) in [6.45, 7) is 5.86. The number of rotatable bonds is 8. The van der Waals surface area contributed by atoms with Crippen LogP contribution in [0.2, 0.25) is 10.0 Å². The number of amides is 2. The lowest BCUT2D eigenvalue weighted by atomic mass is 9.96. The smallest absolute Gasteiger partial charge is 0.411 e. The Morgan fingerprint density at radius 1 is 1.04 bits per heavy atom. The van der Waals surface area contributed by atoms with Crippen LogP contribution in [0.25, 0.3) is 11.3 Å². The number of hydrogen-bond acceptors (Lipinski definition) is 9. The molecular weight excluding hydrogens is 643 g/mol. The van der Waals surface area contributed by atoms with E-state index in [4.69, 9.17) is 38.4 Å². The molecule has 0 spiro atoms. The summed E-state index contributed by atoms with van der Waals surface area (Å²) in [4.78, 5) is 50.2. The van der Waals surface area contributed by atoms with Gasteiger partial charge in [0.05, 0.1) is 11.9 Å². The van der Waals surface area contributed by atoms with Crippen LogP contribution in [0.1, 0.15) is 75.2 Å². The van der Waals surface area contributed by atoms with Crippen molar-refractivity contribution >= 4 is 52.8 Å². The van der Waals surface area contributed by atoms with Gasteiger partial charge in [-0.2, -0.15) is 0 Å². The second-order valence-corrected chi connectivity index (χ2v) is 13.7. The van der Waals surface area contributed by atoms with Gasteiger partial charge < -0.3 is 25.8 Å². The van der Waals surface area contributed by atoms with Crippen LogP contribution < -0.4 is 16.4 Å². The van der Waals surface area contributed by atoms with Crippen molar-refractivity contribution in [3.8, 4) is 11.3 Å². The Labute approximate surface area is 284 Å². The molecule has 13 heteroatoms. The van der Waals surface area contributed by atoms with E-state index in [0.29, 0.717) is 44.7 Å². The standard InChI is InChI=1S/C34H40Cl2N6O5/c1-34(2,3)47-33(45)42-15-14-22(17-28(42)32(44)46-23-10-4-5-11-23)40-31(43)21-9-6-8-20(16-21)27-19-38-29(37)30(41-27)39-18-24-25(35)12-7-13-26(24)36/h6-9,12-13,16,19,22-23,28H,4-5,10-11,14-15,17-18H2,1-3H3,(H2,37,38)(H,39,41)(H,40,43)/t22?,28-/m1/s1. The quantitative estimate of drug-likeness (QED) is 0.223. The highest BCUT2D eigenvalue weighted by atomic mass is 35.5. The van der Waals surface area contributed by atoms with Crippen LogP contribution in [0, 0.1) is 0 Å². The van der Waals surface area contributed by atoms with Crippen molar-refractivity contribution < 1.29 is 23.9 Å². The van der Waals surface area contributed by atoms with Crippen molar-refractivity contribution in [2.24, 2.45) is 0 Å². The topological polar surface area (TPSA) is 149 Å². The van der Waals surface area contributed by atoms with Gasteiger partial charge in [-0.15, -0.1) is 0 Å². The number of likely N-dealkylation sites (tertiary alicyclic amines) is 1. The van der Waals surface area contributed by atoms with Gasteiger partial charge in [-0.3, -0.25) is 9.69 Å². The van der Waals surface area contributed by atoms with Crippen molar-refractivity contribution in [2.75, 3.05) is 17.6 Å². The first-order valence-electron chi connectivity index (χ1n) is 15.8. The zero-order chi connectivity index (χ0) is 33.7. The van der Waals surface area contributed by atoms with E-state index in [2.05, 4.69) is 20.6 Å². The predicted octanol–water partition coefficient (Wildman–Crippen LogP) is 6.63. The Hall–Kier alpha value is -4.09. The molecule has 11 nitrogen and oxygen atoms in total. The maximum absolute atomic E-state index is 13.5. The van der Waals surface area contributed by atoms with E-state index in [0.717, 1.165) is 25.7 Å². The lowest BCUT2D eigenvalue weighted by molar-refractivity contribution is -0.156. The minimum Gasteiger partial charge on any atom is -0.461 e. The largest absolute Gasteiger partial charge is 0.461 e. The van der Waals surface area contributed by atoms with Crippen LogP contribution in [0.5, 0.6) is 0 Å². The van der Waals surface area contributed by atoms with Crippen molar-refractivity contribution in [2.45, 2.75) is 89.6 Å². The maximum Gasteiger partial charge on any atom is 0.411 e. The number of nitrogen functional groups attached to an aromatic ring is 1. The summed E-state index contributed by atoms with van der Waals surface area (Å²) in [6, 6.07) is 11.0. The molecule has 2 aromatic carbocycles. The Bertz CT molecular complexity index is 1600. The van der Waals surface area contributed by atoms with Crippen LogP contribution >= 0.6 is 23.2 Å². The average molecular weight is 684 g/mol. The molecule has 2 fully saturated rings. The third kappa shape index (κ3) is 8.84. The van der Waals surface area contributed by atoms with Gasteiger partial charge in [0.25, 0.3) is 5.91 Å². The first-order chi connectivity index (χ1) is 22.4. The average Bonchev–Trinajstić information content (AvgIpc) is 3.54. The monoisotopic (exact) mass is 682 g/mol. The number of aromatic nitrogens is 2. The number of carbonyl (C=O) groups is 3. The molecule has 1 aromatic heterocycles. The molecular formula is C34H40Cl2N6O5. The summed E-state index contributed by atoms with van der Waals surface area (Å²) < 4.78 is 11.4. The number of piperidine rings is 1. The zero-order valence-electron chi connectivity index (χ0n) is 26.7. The minimum absolute atomic E-state index is 0.151. The van der Waals surface area contributed by atoms with E-state index in [1.165, 1.54) is 11.1 Å². The molecule has 0 bridgehead atoms. The molecule has 5 rings (SSSR count). The first-order valence-corrected chi connectivity index (χ1v) is 16.5. The Morgan fingerprint density at radius 2 is 1.74 bits per heavy atom. The van der Waals surface area contributed by atoms with Crippen molar-refractivity contribution in [1.82, 2.24) is 20.2 Å². The molecule has 3 aromatic rings. The van der Waals surface area contributed by atoms with Crippen LogP contribution in [-0.4, -0.2) is 63.2 Å². The summed E-state index contributed by atoms with van der Waals surface area (Å²) in [5.41, 5.74) is 7.63. The lowest BCUT2D eigenvalue weighted by Gasteiger charge is -2.39. The molecule has 47 heavy (non-hydrogen) atoms. The number of hydrogen-bond donors (Lipinski definition) is 3. The van der Waals surface area contributed by atoms with E-state index in [1.54, 1.807) is 57.2 Å². The molecule has 1 aliphatic heterocycles. The molecule has 2 aliphatic rings. The van der Waals surface area contributed by atoms with E-state index in [-0.39, 0.29) is 43.4 Å². The highest BCUT2D eigenvalue weighted by molar-refractivity contribution is 6.36. The Morgan fingerprint density at radius 3 is 2.45 bits per heavy atom. The van der Waals surface area contributed by atoms with Crippen molar-refractivity contribution in [1.29, 1.82) is 0 Å². The number of nitrogens with two attached hydrogens (primary N) is 1. The summed E-state index contributed by atoms with van der Waals surface area (Å²) in [6.07, 6.45) is 5.11. The van der Waals surface area contributed by atoms with Gasteiger partial charge in [-0.05, 0) is 83.6 Å². The molecule has 2 amide bonds. The molecule has 1 saturated carbocycles. The first kappa shape index (κ1) is 34.3. The van der Waals surface area contributed by atoms with Crippen LogP contribution in [0.4, 0.5) is 16.4 Å². The van der Waals surface area contributed by atoms with E-state index >= 15 is 0 Å². The van der Waals surface area contributed by atoms with Crippen LogP contribution in [0.15, 0.2) is 48.7 Å². The fourth-order valence-corrected chi connectivity index (χ4v) is 6.27. The van der Waals surface area contributed by atoms with Gasteiger partial charge in [0.1, 0.15) is 17.7 Å². The van der Waals surface area contributed by atoms with Gasteiger partial charge in [0, 0.05) is 45.9 Å². The van der Waals surface area contributed by atoms with Gasteiger partial charge >= 0.3 is 12.1 Å². The highest BCUT2D eigenvalue weighted by Gasteiger charge is 2.40. The summed E-state index contributed by atoms with van der Waals surface area (Å²) in [7, 11) is 0. The fourth-order valence-electron chi connectivity index (χ4n) is 5.74. The van der Waals surface area contributed by atoms with E-state index in [1.807, 2.05) is 6.07 Å². The third-order valence-corrected chi connectivity index (χ3v) is 8.85. The number of halogens is 2. The lowest BCUT2D eigenvalue weighted by Crippen LogP contribution is -2.56. The van der Waals surface area contributed by atoms with Crippen LogP contribution in [-0.2, 0) is 20.8 Å². The van der Waals surface area contributed by atoms with Gasteiger partial charge in [-0.25, -0.2) is 19.6 Å². The number of nitrogens with one attached hydrogen (secondary N) is 2. The van der Waals surface area contributed by atoms with Crippen LogP contribution in [0.3, 0.4) is 0 Å². The number of esters is 1. The van der Waals surface area contributed by atoms with E-state index < -0.39 is 23.7 Å². The SMILES string of the molecule is CC(C)(C)OC(=O)N1CCC(NC(=O)c2cccc(-c3cnc(N)c(NCc4c(Cl)cccc4Cl)n3)c2)C[C@@H]1C(=O)OC1CCCC1. The molecule has 250 valence electrons. The minimum atomic E-state index is -0.868. The zero-order valence-corrected chi connectivity index (χ0v) is 28.2. The summed E-state index contributed by atoms with van der Waals surface area (Å²) >= 11 is 12.6. The third-order valence-electron chi connectivity index (χ3n) is 8.14. The molecule has 2 atom stereocenters. The molecule has 1 unspecified atom stereocenters. The van der Waals surface area contributed by atoms with Crippen molar-refractivity contribution in [3.05, 3.63) is 69.8 Å². The Kier molecular flexibility index (Phi) is 10.8. The Balaban J connectivity index is 1.28.